The van der Waals surface area contributed by atoms with Crippen LogP contribution >= 0.6 is 11.8 Å². The first-order chi connectivity index (χ1) is 8.83. The molecule has 0 bridgehead atoms. The molecule has 1 heterocycles. The summed E-state index contributed by atoms with van der Waals surface area (Å²) in [6.07, 6.45) is 5.63. The third kappa shape index (κ3) is 7.95. The Labute approximate surface area is 115 Å². The molecule has 1 rings (SSSR count). The molecule has 0 aromatic carbocycles. The van der Waals surface area contributed by atoms with Crippen molar-refractivity contribution in [3.05, 3.63) is 0 Å². The van der Waals surface area contributed by atoms with Crippen LogP contribution in [0, 0.1) is 0 Å². The van der Waals surface area contributed by atoms with Gasteiger partial charge in [0.1, 0.15) is 0 Å². The van der Waals surface area contributed by atoms with E-state index < -0.39 is 0 Å². The second-order valence-corrected chi connectivity index (χ2v) is 5.95. The minimum absolute atomic E-state index is 0.185. The molecule has 0 aliphatic carbocycles. The molecule has 0 radical (unpaired) electrons. The van der Waals surface area contributed by atoms with E-state index in [1.165, 1.54) is 12.8 Å². The number of carbonyl (C=O) groups is 1. The quantitative estimate of drug-likeness (QED) is 0.624. The Morgan fingerprint density at radius 1 is 1.33 bits per heavy atom. The van der Waals surface area contributed by atoms with Crippen molar-refractivity contribution in [1.82, 2.24) is 10.6 Å². The molecule has 4 nitrogen and oxygen atoms in total. The highest BCUT2D eigenvalue weighted by Gasteiger charge is 2.14. The Hall–Kier alpha value is -0.260. The van der Waals surface area contributed by atoms with Crippen LogP contribution in [-0.2, 0) is 9.53 Å². The van der Waals surface area contributed by atoms with Crippen LogP contribution in [0.3, 0.4) is 0 Å². The Morgan fingerprint density at radius 2 is 2.11 bits per heavy atom. The zero-order valence-corrected chi connectivity index (χ0v) is 12.2. The molecule has 18 heavy (non-hydrogen) atoms. The normalized spacial score (nSPS) is 16.7. The van der Waals surface area contributed by atoms with Crippen molar-refractivity contribution in [3.63, 3.8) is 0 Å². The number of hydrogen-bond acceptors (Lipinski definition) is 4. The maximum atomic E-state index is 11.6. The van der Waals surface area contributed by atoms with Gasteiger partial charge in [0.15, 0.2) is 0 Å². The number of carbonyl (C=O) groups excluding carboxylic acids is 1. The predicted molar refractivity (Wildman–Crippen MR) is 77.1 cm³/mol. The molecule has 106 valence electrons. The fourth-order valence-electron chi connectivity index (χ4n) is 1.98. The largest absolute Gasteiger partial charge is 0.385 e. The second-order valence-electron chi connectivity index (χ2n) is 4.66. The van der Waals surface area contributed by atoms with Crippen LogP contribution in [0.2, 0.25) is 0 Å². The van der Waals surface area contributed by atoms with E-state index in [-0.39, 0.29) is 5.91 Å². The predicted octanol–water partition coefficient (Wildman–Crippen LogP) is 1.40. The van der Waals surface area contributed by atoms with Gasteiger partial charge in [-0.25, -0.2) is 0 Å². The first-order valence-corrected chi connectivity index (χ1v) is 7.95. The number of nitrogens with one attached hydrogen (secondary N) is 2. The van der Waals surface area contributed by atoms with Crippen LogP contribution in [0.25, 0.3) is 0 Å². The Kier molecular flexibility index (Phi) is 9.34. The van der Waals surface area contributed by atoms with Gasteiger partial charge in [0, 0.05) is 25.5 Å². The standard InChI is InChI=1S/C13H26N2O2S/c1-17-10-4-2-3-7-15-13(16)11-18-12-5-8-14-9-6-12/h12,14H,2-11H2,1H3,(H,15,16). The molecular weight excluding hydrogens is 248 g/mol. The van der Waals surface area contributed by atoms with E-state index in [4.69, 9.17) is 4.74 Å². The third-order valence-electron chi connectivity index (χ3n) is 3.08. The summed E-state index contributed by atoms with van der Waals surface area (Å²) in [6, 6.07) is 0. The maximum Gasteiger partial charge on any atom is 0.230 e. The summed E-state index contributed by atoms with van der Waals surface area (Å²) in [5.74, 6) is 0.799. The molecule has 1 fully saturated rings. The van der Waals surface area contributed by atoms with Crippen molar-refractivity contribution >= 4 is 17.7 Å². The third-order valence-corrected chi connectivity index (χ3v) is 4.46. The van der Waals surface area contributed by atoms with Crippen molar-refractivity contribution in [1.29, 1.82) is 0 Å². The molecule has 0 aromatic rings. The van der Waals surface area contributed by atoms with Crippen molar-refractivity contribution in [2.75, 3.05) is 39.1 Å². The molecule has 0 unspecified atom stereocenters. The minimum atomic E-state index is 0.185. The first kappa shape index (κ1) is 15.8. The SMILES string of the molecule is COCCCCCNC(=O)CSC1CCNCC1. The van der Waals surface area contributed by atoms with Gasteiger partial charge in [-0.3, -0.25) is 4.79 Å². The molecule has 0 aromatic heterocycles. The summed E-state index contributed by atoms with van der Waals surface area (Å²) < 4.78 is 4.98. The van der Waals surface area contributed by atoms with Gasteiger partial charge >= 0.3 is 0 Å². The number of piperidine rings is 1. The van der Waals surface area contributed by atoms with Crippen LogP contribution in [0.15, 0.2) is 0 Å². The van der Waals surface area contributed by atoms with Crippen LogP contribution in [0.4, 0.5) is 0 Å². The Bertz CT molecular complexity index is 221. The molecule has 1 aliphatic heterocycles. The van der Waals surface area contributed by atoms with Crippen LogP contribution in [0.5, 0.6) is 0 Å². The lowest BCUT2D eigenvalue weighted by atomic mass is 10.2. The van der Waals surface area contributed by atoms with Crippen molar-refractivity contribution in [2.45, 2.75) is 37.4 Å². The minimum Gasteiger partial charge on any atom is -0.385 e. The summed E-state index contributed by atoms with van der Waals surface area (Å²) in [5, 5.41) is 6.99. The van der Waals surface area contributed by atoms with Crippen molar-refractivity contribution < 1.29 is 9.53 Å². The number of ether oxygens (including phenoxy) is 1. The Balaban J connectivity index is 1.90. The van der Waals surface area contributed by atoms with Gasteiger partial charge < -0.3 is 15.4 Å². The molecule has 0 atom stereocenters. The number of unbranched alkanes of at least 4 members (excludes halogenated alkanes) is 2. The van der Waals surface area contributed by atoms with Gasteiger partial charge in [0.05, 0.1) is 5.75 Å². The number of amides is 1. The lowest BCUT2D eigenvalue weighted by molar-refractivity contribution is -0.118. The summed E-state index contributed by atoms with van der Waals surface area (Å²) >= 11 is 1.81. The number of methoxy groups -OCH3 is 1. The fraction of sp³-hybridized carbons (Fsp3) is 0.923. The number of rotatable bonds is 9. The molecule has 1 saturated heterocycles. The molecule has 2 N–H and O–H groups in total. The molecule has 0 spiro atoms. The summed E-state index contributed by atoms with van der Waals surface area (Å²) in [4.78, 5) is 11.6. The highest BCUT2D eigenvalue weighted by atomic mass is 32.2. The average molecular weight is 274 g/mol. The molecule has 0 saturated carbocycles. The van der Waals surface area contributed by atoms with Crippen molar-refractivity contribution in [2.24, 2.45) is 0 Å². The number of hydrogen-bond donors (Lipinski definition) is 2. The van der Waals surface area contributed by atoms with Gasteiger partial charge in [-0.15, -0.1) is 11.8 Å². The molecule has 1 amide bonds. The number of thioether (sulfide) groups is 1. The molecular formula is C13H26N2O2S. The smallest absolute Gasteiger partial charge is 0.230 e. The lowest BCUT2D eigenvalue weighted by Crippen LogP contribution is -2.31. The van der Waals surface area contributed by atoms with E-state index in [0.29, 0.717) is 11.0 Å². The zero-order chi connectivity index (χ0) is 13.1. The van der Waals surface area contributed by atoms with Crippen molar-refractivity contribution in [3.8, 4) is 0 Å². The van der Waals surface area contributed by atoms with Gasteiger partial charge in [-0.1, -0.05) is 0 Å². The van der Waals surface area contributed by atoms with Crippen LogP contribution in [0.1, 0.15) is 32.1 Å². The van der Waals surface area contributed by atoms with E-state index in [1.807, 2.05) is 0 Å². The van der Waals surface area contributed by atoms with Crippen LogP contribution < -0.4 is 10.6 Å². The van der Waals surface area contributed by atoms with E-state index in [0.717, 1.165) is 45.5 Å². The summed E-state index contributed by atoms with van der Waals surface area (Å²) in [7, 11) is 1.72. The summed E-state index contributed by atoms with van der Waals surface area (Å²) in [6.45, 7) is 3.81. The summed E-state index contributed by atoms with van der Waals surface area (Å²) in [5.41, 5.74) is 0. The fourth-order valence-corrected chi connectivity index (χ4v) is 3.04. The van der Waals surface area contributed by atoms with Gasteiger partial charge in [-0.05, 0) is 45.2 Å². The maximum absolute atomic E-state index is 11.6. The van der Waals surface area contributed by atoms with Gasteiger partial charge in [0.25, 0.3) is 0 Å². The van der Waals surface area contributed by atoms with E-state index >= 15 is 0 Å². The Morgan fingerprint density at radius 3 is 2.83 bits per heavy atom. The lowest BCUT2D eigenvalue weighted by Gasteiger charge is -2.21. The second kappa shape index (κ2) is 10.6. The highest BCUT2D eigenvalue weighted by molar-refractivity contribution is 8.00. The topological polar surface area (TPSA) is 50.4 Å². The monoisotopic (exact) mass is 274 g/mol. The highest BCUT2D eigenvalue weighted by Crippen LogP contribution is 2.19. The average Bonchev–Trinajstić information content (AvgIpc) is 2.41. The van der Waals surface area contributed by atoms with E-state index in [1.54, 1.807) is 18.9 Å². The zero-order valence-electron chi connectivity index (χ0n) is 11.4. The van der Waals surface area contributed by atoms with Gasteiger partial charge in [-0.2, -0.15) is 0 Å². The molecule has 5 heteroatoms. The van der Waals surface area contributed by atoms with Crippen LogP contribution in [-0.4, -0.2) is 50.3 Å². The van der Waals surface area contributed by atoms with E-state index in [2.05, 4.69) is 10.6 Å². The first-order valence-electron chi connectivity index (χ1n) is 6.91. The van der Waals surface area contributed by atoms with E-state index in [9.17, 15) is 4.79 Å². The molecule has 1 aliphatic rings. The van der Waals surface area contributed by atoms with Gasteiger partial charge in [0.2, 0.25) is 5.91 Å².